The molecule has 0 aliphatic heterocycles. The van der Waals surface area contributed by atoms with Crippen molar-refractivity contribution in [1.29, 1.82) is 0 Å². The third-order valence-corrected chi connectivity index (χ3v) is 3.16. The molecule has 9 nitrogen and oxygen atoms in total. The second-order valence-electron chi connectivity index (χ2n) is 4.82. The molecule has 0 saturated heterocycles. The monoisotopic (exact) mass is 343 g/mol. The van der Waals surface area contributed by atoms with Gasteiger partial charge in [-0.05, 0) is 17.7 Å². The standard InChI is InChI=1S/C16H13N3O6/c1-25-15-10-13(19(23)24)6-7-14(15)17-16(20)8-5-11-3-2-4-12(9-11)18(21)22/h2-10H,1H3,(H,17,20). The first-order valence-corrected chi connectivity index (χ1v) is 6.96. The van der Waals surface area contributed by atoms with Gasteiger partial charge in [-0.2, -0.15) is 0 Å². The number of nitro groups is 2. The number of anilines is 1. The first kappa shape index (κ1) is 17.6. The number of carbonyl (C=O) groups excluding carboxylic acids is 1. The van der Waals surface area contributed by atoms with Crippen molar-refractivity contribution in [3.63, 3.8) is 0 Å². The Morgan fingerprint density at radius 3 is 2.40 bits per heavy atom. The zero-order valence-corrected chi connectivity index (χ0v) is 13.0. The Bertz CT molecular complexity index is 863. The number of non-ortho nitro benzene ring substituents is 2. The molecule has 2 aromatic rings. The van der Waals surface area contributed by atoms with Gasteiger partial charge in [0.1, 0.15) is 5.75 Å². The van der Waals surface area contributed by atoms with E-state index >= 15 is 0 Å². The van der Waals surface area contributed by atoms with E-state index in [1.54, 1.807) is 6.07 Å². The Morgan fingerprint density at radius 2 is 1.76 bits per heavy atom. The van der Waals surface area contributed by atoms with Crippen molar-refractivity contribution in [2.24, 2.45) is 0 Å². The van der Waals surface area contributed by atoms with Gasteiger partial charge in [0, 0.05) is 24.3 Å². The molecule has 0 saturated carbocycles. The fourth-order valence-corrected chi connectivity index (χ4v) is 1.99. The molecule has 2 aromatic carbocycles. The number of nitrogens with zero attached hydrogens (tertiary/aromatic N) is 2. The molecule has 0 bridgehead atoms. The van der Waals surface area contributed by atoms with Crippen LogP contribution in [0.15, 0.2) is 48.5 Å². The van der Waals surface area contributed by atoms with Crippen LogP contribution in [0.5, 0.6) is 5.75 Å². The average molecular weight is 343 g/mol. The highest BCUT2D eigenvalue weighted by molar-refractivity contribution is 6.02. The van der Waals surface area contributed by atoms with Crippen LogP contribution in [0, 0.1) is 20.2 Å². The zero-order valence-electron chi connectivity index (χ0n) is 13.0. The number of rotatable bonds is 6. The number of amides is 1. The average Bonchev–Trinajstić information content (AvgIpc) is 2.60. The molecule has 0 atom stereocenters. The van der Waals surface area contributed by atoms with Crippen LogP contribution < -0.4 is 10.1 Å². The maximum atomic E-state index is 12.0. The summed E-state index contributed by atoms with van der Waals surface area (Å²) in [5.74, 6) is -0.370. The highest BCUT2D eigenvalue weighted by atomic mass is 16.6. The Balaban J connectivity index is 2.13. The van der Waals surface area contributed by atoms with Gasteiger partial charge in [-0.15, -0.1) is 0 Å². The molecule has 0 aromatic heterocycles. The lowest BCUT2D eigenvalue weighted by Gasteiger charge is -2.08. The van der Waals surface area contributed by atoms with Gasteiger partial charge in [0.05, 0.1) is 28.7 Å². The van der Waals surface area contributed by atoms with Gasteiger partial charge in [0.25, 0.3) is 11.4 Å². The Kier molecular flexibility index (Phi) is 5.41. The van der Waals surface area contributed by atoms with E-state index in [9.17, 15) is 25.0 Å². The maximum absolute atomic E-state index is 12.0. The largest absolute Gasteiger partial charge is 0.494 e. The summed E-state index contributed by atoms with van der Waals surface area (Å²) in [4.78, 5) is 32.3. The Labute approximate surface area is 141 Å². The van der Waals surface area contributed by atoms with Crippen molar-refractivity contribution in [3.05, 3.63) is 74.3 Å². The van der Waals surface area contributed by atoms with Crippen LogP contribution in [0.4, 0.5) is 17.1 Å². The van der Waals surface area contributed by atoms with Crippen LogP contribution in [-0.4, -0.2) is 22.9 Å². The molecule has 9 heteroatoms. The quantitative estimate of drug-likeness (QED) is 0.488. The fraction of sp³-hybridized carbons (Fsp3) is 0.0625. The number of carbonyl (C=O) groups is 1. The second kappa shape index (κ2) is 7.68. The molecular weight excluding hydrogens is 330 g/mol. The van der Waals surface area contributed by atoms with E-state index in [0.717, 1.165) is 0 Å². The highest BCUT2D eigenvalue weighted by Crippen LogP contribution is 2.29. The van der Waals surface area contributed by atoms with E-state index in [1.807, 2.05) is 0 Å². The first-order chi connectivity index (χ1) is 11.9. The van der Waals surface area contributed by atoms with Gasteiger partial charge in [-0.1, -0.05) is 12.1 Å². The van der Waals surface area contributed by atoms with E-state index in [1.165, 1.54) is 55.7 Å². The predicted octanol–water partition coefficient (Wildman–Crippen LogP) is 3.16. The van der Waals surface area contributed by atoms with Gasteiger partial charge in [-0.3, -0.25) is 25.0 Å². The molecular formula is C16H13N3O6. The molecule has 0 aliphatic rings. The molecule has 0 unspecified atom stereocenters. The van der Waals surface area contributed by atoms with Gasteiger partial charge in [0.15, 0.2) is 0 Å². The Morgan fingerprint density at radius 1 is 1.08 bits per heavy atom. The van der Waals surface area contributed by atoms with E-state index in [-0.39, 0.29) is 22.8 Å². The molecule has 0 spiro atoms. The topological polar surface area (TPSA) is 125 Å². The summed E-state index contributed by atoms with van der Waals surface area (Å²) in [5.41, 5.74) is 0.503. The highest BCUT2D eigenvalue weighted by Gasteiger charge is 2.12. The SMILES string of the molecule is COc1cc([N+](=O)[O-])ccc1NC(=O)C=Cc1cccc([N+](=O)[O-])c1. The molecule has 2 rings (SSSR count). The minimum Gasteiger partial charge on any atom is -0.494 e. The summed E-state index contributed by atoms with van der Waals surface area (Å²) in [6.07, 6.45) is 2.61. The van der Waals surface area contributed by atoms with Crippen LogP contribution in [0.3, 0.4) is 0 Å². The molecule has 128 valence electrons. The lowest BCUT2D eigenvalue weighted by Crippen LogP contribution is -2.09. The van der Waals surface area contributed by atoms with Crippen molar-refractivity contribution in [3.8, 4) is 5.75 Å². The molecule has 25 heavy (non-hydrogen) atoms. The van der Waals surface area contributed by atoms with E-state index in [2.05, 4.69) is 5.32 Å². The summed E-state index contributed by atoms with van der Waals surface area (Å²) in [5, 5.41) is 24.0. The van der Waals surface area contributed by atoms with Crippen molar-refractivity contribution in [1.82, 2.24) is 0 Å². The number of hydrogen-bond donors (Lipinski definition) is 1. The van der Waals surface area contributed by atoms with E-state index < -0.39 is 15.8 Å². The maximum Gasteiger partial charge on any atom is 0.273 e. The first-order valence-electron chi connectivity index (χ1n) is 6.96. The molecule has 0 radical (unpaired) electrons. The fourth-order valence-electron chi connectivity index (χ4n) is 1.99. The van der Waals surface area contributed by atoms with Gasteiger partial charge in [-0.25, -0.2) is 0 Å². The lowest BCUT2D eigenvalue weighted by molar-refractivity contribution is -0.385. The third-order valence-electron chi connectivity index (χ3n) is 3.16. The van der Waals surface area contributed by atoms with Gasteiger partial charge >= 0.3 is 0 Å². The smallest absolute Gasteiger partial charge is 0.273 e. The van der Waals surface area contributed by atoms with Crippen molar-refractivity contribution in [2.45, 2.75) is 0 Å². The number of benzene rings is 2. The Hall–Kier alpha value is -3.75. The number of hydrogen-bond acceptors (Lipinski definition) is 6. The summed E-state index contributed by atoms with van der Waals surface area (Å²) in [6, 6.07) is 9.59. The number of nitrogens with one attached hydrogen (secondary N) is 1. The van der Waals surface area contributed by atoms with E-state index in [4.69, 9.17) is 4.74 Å². The summed E-state index contributed by atoms with van der Waals surface area (Å²) < 4.78 is 5.02. The van der Waals surface area contributed by atoms with Crippen molar-refractivity contribution in [2.75, 3.05) is 12.4 Å². The van der Waals surface area contributed by atoms with Crippen molar-refractivity contribution >= 4 is 29.0 Å². The number of methoxy groups -OCH3 is 1. The minimum atomic E-state index is -0.573. The van der Waals surface area contributed by atoms with Crippen LogP contribution in [0.2, 0.25) is 0 Å². The van der Waals surface area contributed by atoms with Crippen molar-refractivity contribution < 1.29 is 19.4 Å². The molecule has 1 N–H and O–H groups in total. The van der Waals surface area contributed by atoms with Crippen LogP contribution in [-0.2, 0) is 4.79 Å². The number of nitro benzene ring substituents is 2. The van der Waals surface area contributed by atoms with Crippen LogP contribution in [0.1, 0.15) is 5.56 Å². The summed E-state index contributed by atoms with van der Waals surface area (Å²) >= 11 is 0. The molecule has 0 fully saturated rings. The molecule has 0 heterocycles. The van der Waals surface area contributed by atoms with E-state index in [0.29, 0.717) is 5.56 Å². The van der Waals surface area contributed by atoms with Crippen LogP contribution >= 0.6 is 0 Å². The molecule has 0 aliphatic carbocycles. The summed E-state index contributed by atoms with van der Waals surface area (Å²) in [7, 11) is 1.33. The van der Waals surface area contributed by atoms with Gasteiger partial charge in [0.2, 0.25) is 5.91 Å². The third kappa shape index (κ3) is 4.61. The lowest BCUT2D eigenvalue weighted by atomic mass is 10.2. The van der Waals surface area contributed by atoms with Gasteiger partial charge < -0.3 is 10.1 Å². The second-order valence-corrected chi connectivity index (χ2v) is 4.82. The van der Waals surface area contributed by atoms with Crippen LogP contribution in [0.25, 0.3) is 6.08 Å². The summed E-state index contributed by atoms with van der Waals surface area (Å²) in [6.45, 7) is 0. The minimum absolute atomic E-state index is 0.0837. The zero-order chi connectivity index (χ0) is 18.4. The normalized spacial score (nSPS) is 10.4. The number of ether oxygens (including phenoxy) is 1. The molecule has 1 amide bonds. The predicted molar refractivity (Wildman–Crippen MR) is 90.4 cm³/mol.